The maximum Gasteiger partial charge on any atom is 0.0466 e. The van der Waals surface area contributed by atoms with Crippen LogP contribution in [0.25, 0.3) is 4.65 Å². The van der Waals surface area contributed by atoms with Crippen LogP contribution in [0.1, 0.15) is 12.8 Å². The van der Waals surface area contributed by atoms with Crippen LogP contribution in [0.2, 0.25) is 39.3 Å². The molecule has 0 aromatic rings. The zero-order valence-corrected chi connectivity index (χ0v) is 20.7. The first-order valence-electron chi connectivity index (χ1n) is 8.19. The predicted octanol–water partition coefficient (Wildman–Crippen LogP) is 5.46. The molecule has 2 nitrogen and oxygen atoms in total. The Morgan fingerprint density at radius 2 is 0.870 bits per heavy atom. The van der Waals surface area contributed by atoms with E-state index in [1.54, 1.807) is 0 Å². The number of hydrogen-bond acceptors (Lipinski definition) is 1. The maximum atomic E-state index is 4.94. The molecule has 0 aromatic heterocycles. The molecule has 0 unspecified atom stereocenters. The van der Waals surface area contributed by atoms with Crippen molar-refractivity contribution in [3.8, 4) is 0 Å². The molecule has 0 amide bonds. The predicted molar refractivity (Wildman–Crippen MR) is 105 cm³/mol. The van der Waals surface area contributed by atoms with Crippen molar-refractivity contribution >= 4 is 16.5 Å². The Kier molecular flexibility index (Phi) is 18.2. The van der Waals surface area contributed by atoms with Gasteiger partial charge in [-0.1, -0.05) is 55.8 Å². The molecule has 2 rings (SSSR count). The summed E-state index contributed by atoms with van der Waals surface area (Å²) in [5.41, 5.74) is 0. The molecule has 129 valence electrons. The third-order valence-corrected chi connectivity index (χ3v) is 7.75. The van der Waals surface area contributed by atoms with Gasteiger partial charge in [0.1, 0.15) is 0 Å². The Labute approximate surface area is 174 Å². The Morgan fingerprint density at radius 1 is 0.609 bits per heavy atom. The van der Waals surface area contributed by atoms with Crippen molar-refractivity contribution in [1.29, 1.82) is 0 Å². The minimum Gasteiger partial charge on any atom is -0.668 e. The maximum absolute atomic E-state index is 4.94. The monoisotopic (exact) mass is 425 g/mol. The van der Waals surface area contributed by atoms with E-state index in [9.17, 15) is 0 Å². The van der Waals surface area contributed by atoms with E-state index < -0.39 is 16.5 Å². The zero-order valence-electron chi connectivity index (χ0n) is 15.9. The standard InChI is InChI=1S/C8H8.C6H18NSi2.C4H8O.Y/c1-2-4-6-8-7-5-3-1;1-8(2,3)7-9(4,5)6;1-2-4-5-3-1;/h1-8H;1-6H3;1-4H2;/q;-1;;. The van der Waals surface area contributed by atoms with Gasteiger partial charge in [0.15, 0.2) is 0 Å². The summed E-state index contributed by atoms with van der Waals surface area (Å²) in [5, 5.41) is 0. The van der Waals surface area contributed by atoms with Gasteiger partial charge in [0.2, 0.25) is 0 Å². The van der Waals surface area contributed by atoms with Crippen molar-refractivity contribution in [2.45, 2.75) is 52.1 Å². The summed E-state index contributed by atoms with van der Waals surface area (Å²) in [6.07, 6.45) is 18.6. The van der Waals surface area contributed by atoms with Crippen LogP contribution in [-0.2, 0) is 37.4 Å². The van der Waals surface area contributed by atoms with E-state index in [4.69, 9.17) is 9.38 Å². The van der Waals surface area contributed by atoms with Gasteiger partial charge in [0.25, 0.3) is 0 Å². The molecule has 0 aromatic carbocycles. The van der Waals surface area contributed by atoms with Crippen molar-refractivity contribution in [1.82, 2.24) is 0 Å². The van der Waals surface area contributed by atoms with Crippen molar-refractivity contribution < 1.29 is 37.4 Å². The quantitative estimate of drug-likeness (QED) is 0.539. The van der Waals surface area contributed by atoms with Gasteiger partial charge in [0, 0.05) is 45.9 Å². The van der Waals surface area contributed by atoms with Crippen LogP contribution < -0.4 is 0 Å². The zero-order chi connectivity index (χ0) is 16.9. The van der Waals surface area contributed by atoms with Gasteiger partial charge in [-0.15, -0.1) is 0 Å². The van der Waals surface area contributed by atoms with Crippen LogP contribution in [0.5, 0.6) is 0 Å². The Bertz CT molecular complexity index is 205. The summed E-state index contributed by atoms with van der Waals surface area (Å²) in [6, 6.07) is 0. The number of nitrogens with zero attached hydrogens (tertiary/aromatic N) is 1. The van der Waals surface area contributed by atoms with E-state index >= 15 is 0 Å². The van der Waals surface area contributed by atoms with Crippen LogP contribution in [0.3, 0.4) is 0 Å². The summed E-state index contributed by atoms with van der Waals surface area (Å²) < 4.78 is 9.76. The molecule has 9 radical (unpaired) electrons. The molecule has 23 heavy (non-hydrogen) atoms. The van der Waals surface area contributed by atoms with E-state index in [0.717, 1.165) is 13.2 Å². The second kappa shape index (κ2) is 15.7. The minimum atomic E-state index is -1.11. The van der Waals surface area contributed by atoms with Gasteiger partial charge in [0.05, 0.1) is 0 Å². The number of ether oxygens (including phenoxy) is 1. The van der Waals surface area contributed by atoms with E-state index in [2.05, 4.69) is 39.3 Å². The largest absolute Gasteiger partial charge is 0.668 e. The molecule has 0 atom stereocenters. The third-order valence-electron chi connectivity index (χ3n) is 2.39. The van der Waals surface area contributed by atoms with Crippen LogP contribution in [-0.4, -0.2) is 29.7 Å². The SMILES string of the molecule is C1CCOC1.C[Si](C)(C)[N-][Si](C)(C)C.[CH]1[CH][CH][CH][CH][CH][CH][CH]1.[Y]. The van der Waals surface area contributed by atoms with Gasteiger partial charge < -0.3 is 9.38 Å². The van der Waals surface area contributed by atoms with Gasteiger partial charge in [-0.05, 0) is 64.2 Å². The summed E-state index contributed by atoms with van der Waals surface area (Å²) in [7, 11) is -2.21. The number of hydrogen-bond donors (Lipinski definition) is 0. The van der Waals surface area contributed by atoms with Crippen molar-refractivity contribution in [3.63, 3.8) is 0 Å². The topological polar surface area (TPSA) is 23.3 Å². The average molecular weight is 426 g/mol. The molecule has 1 saturated heterocycles. The molecule has 1 heterocycles. The molecule has 2 fully saturated rings. The van der Waals surface area contributed by atoms with Gasteiger partial charge in [-0.25, -0.2) is 0 Å². The second-order valence-electron chi connectivity index (χ2n) is 7.31. The first kappa shape index (κ1) is 26.7. The first-order chi connectivity index (χ1) is 10.2. The van der Waals surface area contributed by atoms with Gasteiger partial charge >= 0.3 is 0 Å². The van der Waals surface area contributed by atoms with Crippen molar-refractivity contribution in [2.75, 3.05) is 13.2 Å². The Balaban J connectivity index is 0. The van der Waals surface area contributed by atoms with Crippen molar-refractivity contribution in [3.05, 3.63) is 56.0 Å². The minimum absolute atomic E-state index is 0. The fourth-order valence-electron chi connectivity index (χ4n) is 2.03. The van der Waals surface area contributed by atoms with Gasteiger partial charge in [-0.3, -0.25) is 0 Å². The van der Waals surface area contributed by atoms with Crippen LogP contribution in [0.15, 0.2) is 0 Å². The van der Waals surface area contributed by atoms with Gasteiger partial charge in [-0.2, -0.15) is 0 Å². The molecular weight excluding hydrogens is 391 g/mol. The van der Waals surface area contributed by atoms with Crippen LogP contribution in [0, 0.1) is 51.4 Å². The molecule has 1 aliphatic carbocycles. The van der Waals surface area contributed by atoms with E-state index in [0.29, 0.717) is 0 Å². The summed E-state index contributed by atoms with van der Waals surface area (Å²) in [4.78, 5) is 0. The molecule has 0 spiro atoms. The third kappa shape index (κ3) is 25.8. The average Bonchev–Trinajstić information content (AvgIpc) is 2.80. The summed E-state index contributed by atoms with van der Waals surface area (Å²) in [6.45, 7) is 15.8. The van der Waals surface area contributed by atoms with E-state index in [1.165, 1.54) is 12.8 Å². The normalized spacial score (nSPS) is 19.0. The molecule has 5 heteroatoms. The molecule has 2 aliphatic rings. The van der Waals surface area contributed by atoms with E-state index in [-0.39, 0.29) is 32.7 Å². The second-order valence-corrected chi connectivity index (χ2v) is 16.9. The molecule has 0 N–H and O–H groups in total. The van der Waals surface area contributed by atoms with Crippen LogP contribution >= 0.6 is 0 Å². The summed E-state index contributed by atoms with van der Waals surface area (Å²) >= 11 is 0. The Hall–Kier alpha value is 1.46. The molecular formula is C18H34NOSi2Y-. The molecule has 1 aliphatic heterocycles. The Morgan fingerprint density at radius 3 is 0.957 bits per heavy atom. The van der Waals surface area contributed by atoms with Crippen LogP contribution in [0.4, 0.5) is 0 Å². The fourth-order valence-corrected chi connectivity index (χ4v) is 10.1. The van der Waals surface area contributed by atoms with Crippen molar-refractivity contribution in [2.24, 2.45) is 0 Å². The smallest absolute Gasteiger partial charge is 0.0466 e. The van der Waals surface area contributed by atoms with E-state index in [1.807, 2.05) is 51.4 Å². The molecule has 1 saturated carbocycles. The number of rotatable bonds is 2. The molecule has 0 bridgehead atoms. The fraction of sp³-hybridized carbons (Fsp3) is 0.556. The first-order valence-corrected chi connectivity index (χ1v) is 15.1. The summed E-state index contributed by atoms with van der Waals surface area (Å²) in [5.74, 6) is 0.